The molecular formula is C31H26BrN3O3S2. The van der Waals surface area contributed by atoms with Crippen molar-refractivity contribution < 1.29 is 14.4 Å². The smallest absolute Gasteiger partial charge is 0.285 e. The maximum Gasteiger partial charge on any atom is 0.285 e. The van der Waals surface area contributed by atoms with Crippen LogP contribution in [0.2, 0.25) is 0 Å². The highest BCUT2D eigenvalue weighted by Crippen LogP contribution is 2.29. The Morgan fingerprint density at radius 2 is 1.73 bits per heavy atom. The van der Waals surface area contributed by atoms with Gasteiger partial charge in [0.15, 0.2) is 5.17 Å². The zero-order valence-corrected chi connectivity index (χ0v) is 24.8. The van der Waals surface area contributed by atoms with Gasteiger partial charge in [-0.15, -0.1) is 11.3 Å². The van der Waals surface area contributed by atoms with Crippen LogP contribution in [-0.2, 0) is 14.4 Å². The van der Waals surface area contributed by atoms with Crippen LogP contribution in [0.5, 0.6) is 0 Å². The molecule has 0 aliphatic carbocycles. The molecule has 4 rings (SSSR count). The number of amidine groups is 1. The number of carbonyl (C=O) groups is 3. The van der Waals surface area contributed by atoms with Gasteiger partial charge < -0.3 is 5.32 Å². The van der Waals surface area contributed by atoms with E-state index in [2.05, 4.69) is 32.8 Å². The van der Waals surface area contributed by atoms with Gasteiger partial charge in [-0.2, -0.15) is 4.99 Å². The van der Waals surface area contributed by atoms with E-state index in [0.29, 0.717) is 5.70 Å². The Balaban J connectivity index is 1.60. The van der Waals surface area contributed by atoms with Crippen LogP contribution < -0.4 is 5.32 Å². The summed E-state index contributed by atoms with van der Waals surface area (Å²) in [7, 11) is 0. The van der Waals surface area contributed by atoms with Crippen molar-refractivity contribution in [2.75, 3.05) is 5.75 Å². The molecule has 202 valence electrons. The first-order valence-electron chi connectivity index (χ1n) is 12.3. The molecule has 6 nitrogen and oxygen atoms in total. The summed E-state index contributed by atoms with van der Waals surface area (Å²) in [5.74, 6) is -1.48. The Kier molecular flexibility index (Phi) is 10.2. The summed E-state index contributed by atoms with van der Waals surface area (Å²) < 4.78 is 0.880. The van der Waals surface area contributed by atoms with E-state index in [1.807, 2.05) is 72.8 Å². The molecule has 3 amide bonds. The first-order valence-corrected chi connectivity index (χ1v) is 14.9. The molecule has 2 aromatic carbocycles. The zero-order chi connectivity index (χ0) is 28.5. The van der Waals surface area contributed by atoms with E-state index in [1.54, 1.807) is 37.3 Å². The molecule has 0 saturated heterocycles. The van der Waals surface area contributed by atoms with E-state index >= 15 is 0 Å². The topological polar surface area (TPSA) is 78.8 Å². The maximum absolute atomic E-state index is 13.6. The lowest BCUT2D eigenvalue weighted by Crippen LogP contribution is -2.41. The molecule has 0 unspecified atom stereocenters. The molecule has 2 heterocycles. The summed E-state index contributed by atoms with van der Waals surface area (Å²) in [6.45, 7) is 5.48. The van der Waals surface area contributed by atoms with Gasteiger partial charge in [0.2, 0.25) is 5.91 Å². The highest BCUT2D eigenvalue weighted by molar-refractivity contribution is 9.11. The minimum absolute atomic E-state index is 0.0504. The Morgan fingerprint density at radius 1 is 1.07 bits per heavy atom. The van der Waals surface area contributed by atoms with Crippen LogP contribution in [0.3, 0.4) is 0 Å². The summed E-state index contributed by atoms with van der Waals surface area (Å²) in [6, 6.07) is 22.7. The molecule has 1 aliphatic rings. The third-order valence-corrected chi connectivity index (χ3v) is 8.30. The number of rotatable bonds is 9. The lowest BCUT2D eigenvalue weighted by atomic mass is 9.99. The standard InChI is InChI=1S/C31H26BrN3O3S2/c1-3-5-16-23(4-2)35-30(38)25(19-24-17-18-26(32)40-24)29(37)34-31(35)39-20-27(36)33-28(21-12-8-6-9-13-21)22-14-10-7-11-15-22/h3-19,28H,1,20H2,2H3,(H,33,36)/b16-5-,23-4+,25-19+. The van der Waals surface area contributed by atoms with E-state index in [9.17, 15) is 14.4 Å². The van der Waals surface area contributed by atoms with Gasteiger partial charge in [-0.3, -0.25) is 19.3 Å². The summed E-state index contributed by atoms with van der Waals surface area (Å²) in [5.41, 5.74) is 2.33. The van der Waals surface area contributed by atoms with Gasteiger partial charge in [-0.1, -0.05) is 97.2 Å². The third kappa shape index (κ3) is 7.24. The van der Waals surface area contributed by atoms with E-state index in [-0.39, 0.29) is 28.4 Å². The number of amides is 3. The summed E-state index contributed by atoms with van der Waals surface area (Å²) in [5, 5.41) is 3.22. The number of halogens is 1. The van der Waals surface area contributed by atoms with Crippen LogP contribution in [-0.4, -0.2) is 33.5 Å². The number of thioether (sulfide) groups is 1. The van der Waals surface area contributed by atoms with Gasteiger partial charge in [0.1, 0.15) is 5.57 Å². The Labute approximate surface area is 250 Å². The fourth-order valence-electron chi connectivity index (χ4n) is 3.94. The lowest BCUT2D eigenvalue weighted by Gasteiger charge is -2.28. The number of thiophene rings is 1. The molecule has 1 aliphatic heterocycles. The minimum atomic E-state index is -0.650. The predicted octanol–water partition coefficient (Wildman–Crippen LogP) is 6.90. The van der Waals surface area contributed by atoms with Crippen LogP contribution in [0.15, 0.2) is 124 Å². The molecule has 0 atom stereocenters. The molecule has 0 fully saturated rings. The van der Waals surface area contributed by atoms with Gasteiger partial charge in [0.25, 0.3) is 11.8 Å². The van der Waals surface area contributed by atoms with Crippen molar-refractivity contribution in [3.63, 3.8) is 0 Å². The molecule has 1 aromatic heterocycles. The quantitative estimate of drug-likeness (QED) is 0.158. The molecule has 0 saturated carbocycles. The van der Waals surface area contributed by atoms with E-state index in [1.165, 1.54) is 16.2 Å². The van der Waals surface area contributed by atoms with E-state index < -0.39 is 11.8 Å². The number of carbonyl (C=O) groups excluding carboxylic acids is 3. The third-order valence-electron chi connectivity index (χ3n) is 5.79. The number of allylic oxidation sites excluding steroid dienone is 4. The number of aliphatic imine (C=N–C) groups is 1. The van der Waals surface area contributed by atoms with Crippen molar-refractivity contribution in [1.82, 2.24) is 10.2 Å². The maximum atomic E-state index is 13.6. The van der Waals surface area contributed by atoms with Crippen molar-refractivity contribution >= 4 is 68.0 Å². The molecule has 40 heavy (non-hydrogen) atoms. The van der Waals surface area contributed by atoms with Crippen molar-refractivity contribution in [2.24, 2.45) is 4.99 Å². The molecule has 9 heteroatoms. The van der Waals surface area contributed by atoms with Crippen LogP contribution in [0.25, 0.3) is 6.08 Å². The number of nitrogens with one attached hydrogen (secondary N) is 1. The van der Waals surface area contributed by atoms with Crippen molar-refractivity contribution in [1.29, 1.82) is 0 Å². The SMILES string of the molecule is C=C/C=C\C(=C/C)N1C(=O)/C(=C/c2ccc(Br)s2)C(=O)N=C1SCC(=O)NC(c1ccccc1)c1ccccc1. The van der Waals surface area contributed by atoms with Crippen LogP contribution in [0, 0.1) is 0 Å². The lowest BCUT2D eigenvalue weighted by molar-refractivity contribution is -0.126. The van der Waals surface area contributed by atoms with Crippen LogP contribution in [0.1, 0.15) is 29.0 Å². The first-order chi connectivity index (χ1) is 19.4. The highest BCUT2D eigenvalue weighted by atomic mass is 79.9. The summed E-state index contributed by atoms with van der Waals surface area (Å²) in [4.78, 5) is 46.2. The highest BCUT2D eigenvalue weighted by Gasteiger charge is 2.35. The summed E-state index contributed by atoms with van der Waals surface area (Å²) in [6.07, 6.45) is 8.27. The van der Waals surface area contributed by atoms with Gasteiger partial charge in [0.05, 0.1) is 15.6 Å². The van der Waals surface area contributed by atoms with Crippen LogP contribution in [0.4, 0.5) is 0 Å². The average molecular weight is 633 g/mol. The first kappa shape index (κ1) is 29.2. The van der Waals surface area contributed by atoms with Crippen LogP contribution >= 0.6 is 39.0 Å². The molecule has 0 radical (unpaired) electrons. The molecular weight excluding hydrogens is 606 g/mol. The van der Waals surface area contributed by atoms with Gasteiger partial charge in [-0.25, -0.2) is 0 Å². The average Bonchev–Trinajstić information content (AvgIpc) is 3.39. The van der Waals surface area contributed by atoms with E-state index in [4.69, 9.17) is 0 Å². The fourth-order valence-corrected chi connectivity index (χ4v) is 6.12. The normalized spacial score (nSPS) is 15.2. The second-order valence-electron chi connectivity index (χ2n) is 8.46. The second kappa shape index (κ2) is 14.0. The van der Waals surface area contributed by atoms with Gasteiger partial charge in [0, 0.05) is 10.6 Å². The Bertz CT molecular complexity index is 1490. The second-order valence-corrected chi connectivity index (χ2v) is 11.9. The van der Waals surface area contributed by atoms with Crippen molar-refractivity contribution in [2.45, 2.75) is 13.0 Å². The van der Waals surface area contributed by atoms with Gasteiger partial charge >= 0.3 is 0 Å². The molecule has 3 aromatic rings. The van der Waals surface area contributed by atoms with Crippen molar-refractivity contribution in [3.05, 3.63) is 135 Å². The monoisotopic (exact) mass is 631 g/mol. The summed E-state index contributed by atoms with van der Waals surface area (Å²) >= 11 is 5.84. The number of benzene rings is 2. The van der Waals surface area contributed by atoms with E-state index in [0.717, 1.165) is 31.6 Å². The zero-order valence-electron chi connectivity index (χ0n) is 21.6. The predicted molar refractivity (Wildman–Crippen MR) is 168 cm³/mol. The fraction of sp³-hybridized carbons (Fsp3) is 0.0968. The Morgan fingerprint density at radius 3 is 2.27 bits per heavy atom. The molecule has 0 spiro atoms. The Hall–Kier alpha value is -3.79. The number of hydrogen-bond acceptors (Lipinski definition) is 5. The largest absolute Gasteiger partial charge is 0.344 e. The minimum Gasteiger partial charge on any atom is -0.344 e. The number of hydrogen-bond donors (Lipinski definition) is 1. The molecule has 1 N–H and O–H groups in total. The molecule has 0 bridgehead atoms. The van der Waals surface area contributed by atoms with Crippen molar-refractivity contribution in [3.8, 4) is 0 Å². The van der Waals surface area contributed by atoms with Gasteiger partial charge in [-0.05, 0) is 58.3 Å². The number of nitrogens with zero attached hydrogens (tertiary/aromatic N) is 2.